The molecule has 0 spiro atoms. The van der Waals surface area contributed by atoms with E-state index in [9.17, 15) is 0 Å². The first-order valence-electron chi connectivity index (χ1n) is 3.83. The van der Waals surface area contributed by atoms with Crippen LogP contribution in [0.15, 0.2) is 30.6 Å². The maximum atomic E-state index is 5.98. The van der Waals surface area contributed by atoms with Crippen LogP contribution in [0.2, 0.25) is 5.02 Å². The maximum absolute atomic E-state index is 5.98. The average Bonchev–Trinajstić information content (AvgIpc) is 2.57. The predicted octanol–water partition coefficient (Wildman–Crippen LogP) is 2.31. The lowest BCUT2D eigenvalue weighted by molar-refractivity contribution is 1.31. The molecule has 0 saturated carbocycles. The number of imidazole rings is 1. The first-order chi connectivity index (χ1) is 6.29. The van der Waals surface area contributed by atoms with Crippen LogP contribution in [0.5, 0.6) is 0 Å². The molecule has 66 valence electrons. The number of nitrogens with zero attached hydrogens (tertiary/aromatic N) is 1. The van der Waals surface area contributed by atoms with Gasteiger partial charge < -0.3 is 10.7 Å². The Bertz CT molecular complexity index is 389. The molecule has 1 aromatic heterocycles. The van der Waals surface area contributed by atoms with Gasteiger partial charge in [-0.3, -0.25) is 0 Å². The van der Waals surface area contributed by atoms with Crippen molar-refractivity contribution in [2.24, 2.45) is 0 Å². The highest BCUT2D eigenvalue weighted by Gasteiger charge is 2.08. The molecular weight excluding hydrogens is 186 g/mol. The number of hydrogen-bond donors (Lipinski definition) is 2. The SMILES string of the molecule is Nc1cccc(Cl)c1-c1ncc[nH]1. The number of nitrogen functional groups attached to an aromatic ring is 1. The van der Waals surface area contributed by atoms with Gasteiger partial charge in [-0.05, 0) is 12.1 Å². The molecule has 0 atom stereocenters. The second-order valence-electron chi connectivity index (χ2n) is 2.64. The van der Waals surface area contributed by atoms with Crippen LogP contribution in [-0.4, -0.2) is 9.97 Å². The minimum Gasteiger partial charge on any atom is -0.398 e. The second-order valence-corrected chi connectivity index (χ2v) is 3.05. The van der Waals surface area contributed by atoms with E-state index in [1.807, 2.05) is 6.07 Å². The van der Waals surface area contributed by atoms with Crippen LogP contribution in [0.4, 0.5) is 5.69 Å². The first-order valence-corrected chi connectivity index (χ1v) is 4.20. The number of aromatic nitrogens is 2. The summed E-state index contributed by atoms with van der Waals surface area (Å²) >= 11 is 5.98. The van der Waals surface area contributed by atoms with Crippen molar-refractivity contribution in [1.82, 2.24) is 9.97 Å². The van der Waals surface area contributed by atoms with Gasteiger partial charge in [0.2, 0.25) is 0 Å². The van der Waals surface area contributed by atoms with Crippen molar-refractivity contribution < 1.29 is 0 Å². The first kappa shape index (κ1) is 8.13. The van der Waals surface area contributed by atoms with Gasteiger partial charge in [0.25, 0.3) is 0 Å². The molecule has 0 radical (unpaired) electrons. The van der Waals surface area contributed by atoms with Gasteiger partial charge in [0.15, 0.2) is 0 Å². The lowest BCUT2D eigenvalue weighted by atomic mass is 10.2. The third-order valence-corrected chi connectivity index (χ3v) is 2.10. The number of aromatic amines is 1. The van der Waals surface area contributed by atoms with Gasteiger partial charge in [0, 0.05) is 18.1 Å². The van der Waals surface area contributed by atoms with E-state index >= 15 is 0 Å². The molecule has 0 amide bonds. The standard InChI is InChI=1S/C9H8ClN3/c10-6-2-1-3-7(11)8(6)9-12-4-5-13-9/h1-5H,11H2,(H,12,13). The smallest absolute Gasteiger partial charge is 0.140 e. The number of nitrogens with one attached hydrogen (secondary N) is 1. The van der Waals surface area contributed by atoms with Crippen LogP contribution in [0, 0.1) is 0 Å². The second kappa shape index (κ2) is 3.11. The summed E-state index contributed by atoms with van der Waals surface area (Å²) in [6.45, 7) is 0. The van der Waals surface area contributed by atoms with Crippen molar-refractivity contribution in [3.63, 3.8) is 0 Å². The fourth-order valence-electron chi connectivity index (χ4n) is 1.19. The van der Waals surface area contributed by atoms with Crippen molar-refractivity contribution in [2.75, 3.05) is 5.73 Å². The van der Waals surface area contributed by atoms with E-state index in [2.05, 4.69) is 9.97 Å². The number of benzene rings is 1. The van der Waals surface area contributed by atoms with Gasteiger partial charge in [0.05, 0.1) is 10.6 Å². The number of nitrogens with two attached hydrogens (primary N) is 1. The quantitative estimate of drug-likeness (QED) is 0.683. The van der Waals surface area contributed by atoms with E-state index in [0.29, 0.717) is 16.5 Å². The lowest BCUT2D eigenvalue weighted by Crippen LogP contribution is -1.91. The van der Waals surface area contributed by atoms with Gasteiger partial charge in [-0.1, -0.05) is 17.7 Å². The molecule has 0 aliphatic carbocycles. The number of anilines is 1. The van der Waals surface area contributed by atoms with Crippen molar-refractivity contribution >= 4 is 17.3 Å². The highest BCUT2D eigenvalue weighted by atomic mass is 35.5. The van der Waals surface area contributed by atoms with E-state index in [0.717, 1.165) is 5.56 Å². The fraction of sp³-hybridized carbons (Fsp3) is 0. The summed E-state index contributed by atoms with van der Waals surface area (Å²) in [5.74, 6) is 0.697. The topological polar surface area (TPSA) is 54.7 Å². The summed E-state index contributed by atoms with van der Waals surface area (Å²) < 4.78 is 0. The summed E-state index contributed by atoms with van der Waals surface area (Å²) in [7, 11) is 0. The van der Waals surface area contributed by atoms with Gasteiger partial charge in [-0.25, -0.2) is 4.98 Å². The minimum atomic E-state index is 0.606. The Morgan fingerprint density at radius 1 is 1.38 bits per heavy atom. The normalized spacial score (nSPS) is 10.2. The molecule has 0 saturated heterocycles. The minimum absolute atomic E-state index is 0.606. The molecule has 3 nitrogen and oxygen atoms in total. The number of halogens is 1. The largest absolute Gasteiger partial charge is 0.398 e. The van der Waals surface area contributed by atoms with Crippen LogP contribution in [0.25, 0.3) is 11.4 Å². The van der Waals surface area contributed by atoms with E-state index in [-0.39, 0.29) is 0 Å². The number of rotatable bonds is 1. The Hall–Kier alpha value is -1.48. The molecule has 1 heterocycles. The third-order valence-electron chi connectivity index (χ3n) is 1.78. The number of H-pyrrole nitrogens is 1. The van der Waals surface area contributed by atoms with Crippen LogP contribution in [-0.2, 0) is 0 Å². The third kappa shape index (κ3) is 1.38. The maximum Gasteiger partial charge on any atom is 0.140 e. The van der Waals surface area contributed by atoms with Crippen LogP contribution < -0.4 is 5.73 Å². The zero-order valence-corrected chi connectivity index (χ0v) is 7.55. The zero-order valence-electron chi connectivity index (χ0n) is 6.79. The lowest BCUT2D eigenvalue weighted by Gasteiger charge is -2.03. The Balaban J connectivity index is 2.64. The van der Waals surface area contributed by atoms with Crippen LogP contribution in [0.3, 0.4) is 0 Å². The summed E-state index contributed by atoms with van der Waals surface area (Å²) in [5.41, 5.74) is 7.15. The Kier molecular flexibility index (Phi) is 1.94. The molecule has 1 aromatic carbocycles. The molecule has 0 unspecified atom stereocenters. The van der Waals surface area contributed by atoms with Gasteiger partial charge in [-0.2, -0.15) is 0 Å². The summed E-state index contributed by atoms with van der Waals surface area (Å²) in [4.78, 5) is 7.05. The van der Waals surface area contributed by atoms with Gasteiger partial charge in [-0.15, -0.1) is 0 Å². The molecule has 2 rings (SSSR count). The van der Waals surface area contributed by atoms with Gasteiger partial charge >= 0.3 is 0 Å². The number of hydrogen-bond acceptors (Lipinski definition) is 2. The van der Waals surface area contributed by atoms with E-state index in [4.69, 9.17) is 17.3 Å². The molecule has 2 aromatic rings. The highest BCUT2D eigenvalue weighted by molar-refractivity contribution is 6.33. The van der Waals surface area contributed by atoms with Gasteiger partial charge in [0.1, 0.15) is 5.82 Å². The van der Waals surface area contributed by atoms with Crippen LogP contribution >= 0.6 is 11.6 Å². The summed E-state index contributed by atoms with van der Waals surface area (Å²) in [5, 5.41) is 0.606. The van der Waals surface area contributed by atoms with Crippen molar-refractivity contribution in [3.8, 4) is 11.4 Å². The Morgan fingerprint density at radius 2 is 2.23 bits per heavy atom. The fourth-order valence-corrected chi connectivity index (χ4v) is 1.46. The zero-order chi connectivity index (χ0) is 9.26. The van der Waals surface area contributed by atoms with Crippen molar-refractivity contribution in [1.29, 1.82) is 0 Å². The molecular formula is C9H8ClN3. The highest BCUT2D eigenvalue weighted by Crippen LogP contribution is 2.30. The molecule has 13 heavy (non-hydrogen) atoms. The Labute approximate surface area is 80.6 Å². The molecule has 0 aliphatic heterocycles. The summed E-state index contributed by atoms with van der Waals surface area (Å²) in [6.07, 6.45) is 3.40. The molecule has 0 aliphatic rings. The summed E-state index contributed by atoms with van der Waals surface area (Å²) in [6, 6.07) is 5.39. The Morgan fingerprint density at radius 3 is 2.85 bits per heavy atom. The van der Waals surface area contributed by atoms with E-state index < -0.39 is 0 Å². The monoisotopic (exact) mass is 193 g/mol. The molecule has 4 heteroatoms. The predicted molar refractivity (Wildman–Crippen MR) is 53.4 cm³/mol. The van der Waals surface area contributed by atoms with E-state index in [1.165, 1.54) is 0 Å². The van der Waals surface area contributed by atoms with Crippen molar-refractivity contribution in [3.05, 3.63) is 35.6 Å². The van der Waals surface area contributed by atoms with E-state index in [1.54, 1.807) is 24.5 Å². The van der Waals surface area contributed by atoms with Crippen molar-refractivity contribution in [2.45, 2.75) is 0 Å². The molecule has 0 bridgehead atoms. The van der Waals surface area contributed by atoms with Crippen LogP contribution in [0.1, 0.15) is 0 Å². The molecule has 3 N–H and O–H groups in total. The molecule has 0 fully saturated rings. The average molecular weight is 194 g/mol.